The molecule has 0 saturated carbocycles. The first kappa shape index (κ1) is 28.8. The van der Waals surface area contributed by atoms with Gasteiger partial charge in [-0.3, -0.25) is 0 Å². The molecule has 0 radical (unpaired) electrons. The Balaban J connectivity index is 0.00000161. The lowest BCUT2D eigenvalue weighted by Gasteiger charge is -2.32. The smallest absolute Gasteiger partial charge is 0.399 e. The monoisotopic (exact) mass is 564 g/mol. The molecular weight excluding hydrogens is 527 g/mol. The minimum absolute atomic E-state index is 0.445. The first-order chi connectivity index (χ1) is 20.8. The summed E-state index contributed by atoms with van der Waals surface area (Å²) in [6, 6.07) is 39.9. The van der Waals surface area contributed by atoms with Crippen LogP contribution in [0, 0.1) is 0 Å². The molecule has 1 saturated heterocycles. The molecule has 1 aromatic heterocycles. The Bertz CT molecular complexity index is 1890. The third-order valence-corrected chi connectivity index (χ3v) is 8.48. The molecule has 0 atom stereocenters. The molecule has 5 heteroatoms. The lowest BCUT2D eigenvalue weighted by Crippen LogP contribution is -2.41. The molecule has 1 aliphatic rings. The molecule has 4 nitrogen and oxygen atoms in total. The van der Waals surface area contributed by atoms with Crippen molar-refractivity contribution in [2.24, 2.45) is 0 Å². The van der Waals surface area contributed by atoms with Gasteiger partial charge in [0.25, 0.3) is 0 Å². The van der Waals surface area contributed by atoms with Crippen molar-refractivity contribution in [1.82, 2.24) is 9.97 Å². The van der Waals surface area contributed by atoms with Gasteiger partial charge in [0.1, 0.15) is 0 Å². The van der Waals surface area contributed by atoms with Crippen molar-refractivity contribution in [3.05, 3.63) is 115 Å². The summed E-state index contributed by atoms with van der Waals surface area (Å²) in [7, 11) is -0.503. The van der Waals surface area contributed by atoms with E-state index in [0.29, 0.717) is 5.82 Å². The van der Waals surface area contributed by atoms with E-state index in [1.54, 1.807) is 0 Å². The van der Waals surface area contributed by atoms with Gasteiger partial charge in [0, 0.05) is 21.9 Å². The average molecular weight is 565 g/mol. The number of rotatable bonds is 4. The Labute approximate surface area is 254 Å². The second-order valence-electron chi connectivity index (χ2n) is 11.7. The summed E-state index contributed by atoms with van der Waals surface area (Å²) in [6.45, 7) is 12.3. The molecule has 0 N–H and O–H groups in total. The molecule has 0 bridgehead atoms. The van der Waals surface area contributed by atoms with Crippen molar-refractivity contribution in [3.63, 3.8) is 0 Å². The van der Waals surface area contributed by atoms with Gasteiger partial charge >= 0.3 is 7.12 Å². The maximum absolute atomic E-state index is 6.49. The molecule has 0 unspecified atom stereocenters. The van der Waals surface area contributed by atoms with E-state index in [2.05, 4.69) is 131 Å². The van der Waals surface area contributed by atoms with Crippen LogP contribution in [0.25, 0.3) is 55.4 Å². The number of fused-ring (bicyclic) bond motifs is 3. The lowest BCUT2D eigenvalue weighted by molar-refractivity contribution is 0.00578. The molecule has 0 aliphatic carbocycles. The molecule has 6 aromatic rings. The molecule has 5 aromatic carbocycles. The van der Waals surface area contributed by atoms with Crippen LogP contribution in [0.3, 0.4) is 0 Å². The first-order valence-corrected chi connectivity index (χ1v) is 15.1. The van der Waals surface area contributed by atoms with Crippen LogP contribution in [0.15, 0.2) is 115 Å². The summed E-state index contributed by atoms with van der Waals surface area (Å²) in [5, 5.41) is 3.29. The molecule has 2 heterocycles. The lowest BCUT2D eigenvalue weighted by atomic mass is 9.77. The van der Waals surface area contributed by atoms with E-state index in [-0.39, 0.29) is 0 Å². The fourth-order valence-electron chi connectivity index (χ4n) is 5.50. The third-order valence-electron chi connectivity index (χ3n) is 8.48. The average Bonchev–Trinajstić information content (AvgIpc) is 3.28. The summed E-state index contributed by atoms with van der Waals surface area (Å²) in [5.74, 6) is 0.670. The highest BCUT2D eigenvalue weighted by atomic mass is 16.7. The first-order valence-electron chi connectivity index (χ1n) is 15.1. The van der Waals surface area contributed by atoms with E-state index in [0.717, 1.165) is 55.1 Å². The summed E-state index contributed by atoms with van der Waals surface area (Å²) >= 11 is 0. The summed E-state index contributed by atoms with van der Waals surface area (Å²) in [6.07, 6.45) is 0. The van der Waals surface area contributed by atoms with Gasteiger partial charge in [-0.05, 0) is 61.8 Å². The number of aromatic nitrogens is 2. The van der Waals surface area contributed by atoms with Gasteiger partial charge in [0.2, 0.25) is 0 Å². The second-order valence-corrected chi connectivity index (χ2v) is 11.7. The number of nitrogens with zero attached hydrogens (tertiary/aromatic N) is 2. The molecule has 1 fully saturated rings. The van der Waals surface area contributed by atoms with Crippen LogP contribution in [-0.4, -0.2) is 28.3 Å². The quantitative estimate of drug-likeness (QED) is 0.158. The highest BCUT2D eigenvalue weighted by Crippen LogP contribution is 2.38. The van der Waals surface area contributed by atoms with Gasteiger partial charge < -0.3 is 9.31 Å². The number of benzene rings is 5. The van der Waals surface area contributed by atoms with Gasteiger partial charge in [-0.15, -0.1) is 0 Å². The normalized spacial score (nSPS) is 15.3. The predicted molar refractivity (Wildman–Crippen MR) is 180 cm³/mol. The molecule has 1 aliphatic heterocycles. The molecular formula is C38H37BN2O2. The fourth-order valence-corrected chi connectivity index (χ4v) is 5.50. The zero-order valence-corrected chi connectivity index (χ0v) is 25.8. The number of hydrogen-bond donors (Lipinski definition) is 0. The van der Waals surface area contributed by atoms with Crippen LogP contribution >= 0.6 is 0 Å². The molecule has 7 rings (SSSR count). The Morgan fingerprint density at radius 2 is 1.12 bits per heavy atom. The number of hydrogen-bond acceptors (Lipinski definition) is 4. The predicted octanol–water partition coefficient (Wildman–Crippen LogP) is 9.11. The van der Waals surface area contributed by atoms with Crippen molar-refractivity contribution in [3.8, 4) is 33.8 Å². The maximum atomic E-state index is 6.49. The highest BCUT2D eigenvalue weighted by molar-refractivity contribution is 6.62. The summed E-state index contributed by atoms with van der Waals surface area (Å²) in [5.41, 5.74) is 6.07. The van der Waals surface area contributed by atoms with Crippen molar-refractivity contribution < 1.29 is 9.31 Å². The van der Waals surface area contributed by atoms with Crippen LogP contribution < -0.4 is 5.46 Å². The van der Waals surface area contributed by atoms with Crippen LogP contribution in [0.1, 0.15) is 41.5 Å². The van der Waals surface area contributed by atoms with E-state index in [9.17, 15) is 0 Å². The van der Waals surface area contributed by atoms with Crippen molar-refractivity contribution >= 4 is 34.3 Å². The highest BCUT2D eigenvalue weighted by Gasteiger charge is 2.51. The van der Waals surface area contributed by atoms with E-state index < -0.39 is 18.3 Å². The topological polar surface area (TPSA) is 44.2 Å². The van der Waals surface area contributed by atoms with Crippen LogP contribution in [0.4, 0.5) is 0 Å². The Kier molecular flexibility index (Phi) is 7.64. The standard InChI is InChI=1S/C36H31BN2O2.C2H6/c1-35(2)36(3,4)41-37(40-35)29-22-27(24-13-7-5-8-14-24)21-28(23-29)34-38-32(26-16-9-6-10-17-26)31-20-19-25-15-11-12-18-30(25)33(31)39-34;1-2/h5-23H,1-4H3;1-2H3. The molecule has 0 spiro atoms. The van der Waals surface area contributed by atoms with Gasteiger partial charge in [-0.1, -0.05) is 117 Å². The Hall–Kier alpha value is -4.32. The fraction of sp³-hybridized carbons (Fsp3) is 0.211. The van der Waals surface area contributed by atoms with Crippen LogP contribution in [0.5, 0.6) is 0 Å². The van der Waals surface area contributed by atoms with Crippen LogP contribution in [-0.2, 0) is 9.31 Å². The third kappa shape index (κ3) is 5.35. The van der Waals surface area contributed by atoms with Gasteiger partial charge in [0.05, 0.1) is 22.4 Å². The zero-order valence-electron chi connectivity index (χ0n) is 25.8. The van der Waals surface area contributed by atoms with Crippen molar-refractivity contribution in [1.29, 1.82) is 0 Å². The van der Waals surface area contributed by atoms with Crippen molar-refractivity contribution in [2.75, 3.05) is 0 Å². The van der Waals surface area contributed by atoms with Gasteiger partial charge in [0.15, 0.2) is 5.82 Å². The minimum atomic E-state index is -0.503. The van der Waals surface area contributed by atoms with Gasteiger partial charge in [-0.25, -0.2) is 9.97 Å². The van der Waals surface area contributed by atoms with E-state index in [1.165, 1.54) is 0 Å². The largest absolute Gasteiger partial charge is 0.494 e. The van der Waals surface area contributed by atoms with E-state index >= 15 is 0 Å². The Morgan fingerprint density at radius 3 is 1.79 bits per heavy atom. The summed E-state index contributed by atoms with van der Waals surface area (Å²) < 4.78 is 13.0. The molecule has 0 amide bonds. The van der Waals surface area contributed by atoms with Gasteiger partial charge in [-0.2, -0.15) is 0 Å². The van der Waals surface area contributed by atoms with Crippen LogP contribution in [0.2, 0.25) is 0 Å². The second kappa shape index (κ2) is 11.4. The SMILES string of the molecule is CC.CC1(C)OB(c2cc(-c3ccccc3)cc(-c3nc(-c4ccccc4)c4ccc5ccccc5c4n3)c2)OC1(C)C. The maximum Gasteiger partial charge on any atom is 0.494 e. The molecule has 43 heavy (non-hydrogen) atoms. The molecule has 214 valence electrons. The minimum Gasteiger partial charge on any atom is -0.399 e. The van der Waals surface area contributed by atoms with E-state index in [4.69, 9.17) is 19.3 Å². The van der Waals surface area contributed by atoms with Crippen molar-refractivity contribution in [2.45, 2.75) is 52.7 Å². The van der Waals surface area contributed by atoms with E-state index in [1.807, 2.05) is 26.0 Å². The zero-order chi connectivity index (χ0) is 30.2. The summed E-state index contributed by atoms with van der Waals surface area (Å²) in [4.78, 5) is 10.4. The Morgan fingerprint density at radius 1 is 0.535 bits per heavy atom.